The van der Waals surface area contributed by atoms with Crippen molar-refractivity contribution in [3.63, 3.8) is 0 Å². The maximum atomic E-state index is 13.5. The van der Waals surface area contributed by atoms with Gasteiger partial charge >= 0.3 is 0 Å². The van der Waals surface area contributed by atoms with Crippen LogP contribution in [0.15, 0.2) is 71.6 Å². The van der Waals surface area contributed by atoms with Crippen molar-refractivity contribution in [2.24, 2.45) is 0 Å². The number of ether oxygens (including phenoxy) is 1. The van der Waals surface area contributed by atoms with Gasteiger partial charge in [-0.05, 0) is 30.3 Å². The third kappa shape index (κ3) is 5.40. The van der Waals surface area contributed by atoms with Crippen LogP contribution in [0, 0.1) is 10.1 Å². The van der Waals surface area contributed by atoms with Gasteiger partial charge in [0, 0.05) is 55.0 Å². The number of non-ortho nitro benzene ring substituents is 1. The van der Waals surface area contributed by atoms with E-state index in [1.54, 1.807) is 41.3 Å². The monoisotopic (exact) mass is 535 g/mol. The standard InChI is InChI=1S/C23H19Cl2N3O6S/c24-17-6-8-19(25)21(14-17)34-20-9-7-18(28(30)31)15-22(20)35(32,33)27-12-10-26(11-13-27)23(29)16-4-2-1-3-5-16/h1-9,14-15H,10-13H2. The first kappa shape index (κ1) is 24.9. The minimum absolute atomic E-state index is 0.0148. The Labute approximate surface area is 211 Å². The lowest BCUT2D eigenvalue weighted by Crippen LogP contribution is -2.50. The fourth-order valence-corrected chi connectivity index (χ4v) is 5.48. The number of piperazine rings is 1. The number of benzene rings is 3. The summed E-state index contributed by atoms with van der Waals surface area (Å²) in [5.74, 6) is -0.233. The maximum Gasteiger partial charge on any atom is 0.271 e. The molecule has 0 bridgehead atoms. The molecule has 0 aliphatic carbocycles. The third-order valence-electron chi connectivity index (χ3n) is 5.42. The zero-order chi connectivity index (χ0) is 25.2. The van der Waals surface area contributed by atoms with Crippen LogP contribution in [0.1, 0.15) is 10.4 Å². The smallest absolute Gasteiger partial charge is 0.271 e. The maximum absolute atomic E-state index is 13.5. The molecule has 1 aliphatic heterocycles. The van der Waals surface area contributed by atoms with Gasteiger partial charge in [0.1, 0.15) is 16.4 Å². The van der Waals surface area contributed by atoms with E-state index in [9.17, 15) is 23.3 Å². The second kappa shape index (κ2) is 10.2. The molecule has 0 saturated carbocycles. The summed E-state index contributed by atoms with van der Waals surface area (Å²) in [4.78, 5) is 24.5. The lowest BCUT2D eigenvalue weighted by atomic mass is 10.2. The molecule has 182 valence electrons. The highest BCUT2D eigenvalue weighted by Gasteiger charge is 2.34. The molecule has 0 spiro atoms. The Kier molecular flexibility index (Phi) is 7.27. The summed E-state index contributed by atoms with van der Waals surface area (Å²) in [6, 6.07) is 16.4. The molecule has 12 heteroatoms. The minimum atomic E-state index is -4.22. The van der Waals surface area contributed by atoms with Crippen LogP contribution in [0.4, 0.5) is 5.69 Å². The quantitative estimate of drug-likeness (QED) is 0.330. The summed E-state index contributed by atoms with van der Waals surface area (Å²) >= 11 is 12.1. The zero-order valence-electron chi connectivity index (χ0n) is 18.1. The Morgan fingerprint density at radius 1 is 0.914 bits per heavy atom. The molecule has 4 rings (SSSR count). The molecule has 0 unspecified atom stereocenters. The van der Waals surface area contributed by atoms with E-state index in [4.69, 9.17) is 27.9 Å². The van der Waals surface area contributed by atoms with E-state index in [1.165, 1.54) is 22.5 Å². The number of hydrogen-bond acceptors (Lipinski definition) is 6. The highest BCUT2D eigenvalue weighted by molar-refractivity contribution is 7.89. The van der Waals surface area contributed by atoms with Crippen molar-refractivity contribution in [3.05, 3.63) is 92.5 Å². The number of nitro benzene ring substituents is 1. The Morgan fingerprint density at radius 3 is 2.26 bits per heavy atom. The lowest BCUT2D eigenvalue weighted by molar-refractivity contribution is -0.385. The summed E-state index contributed by atoms with van der Waals surface area (Å²) in [6.45, 7) is 0.359. The molecule has 35 heavy (non-hydrogen) atoms. The van der Waals surface area contributed by atoms with Crippen LogP contribution in [-0.4, -0.2) is 54.6 Å². The summed E-state index contributed by atoms with van der Waals surface area (Å²) < 4.78 is 34.0. The largest absolute Gasteiger partial charge is 0.454 e. The predicted molar refractivity (Wildman–Crippen MR) is 131 cm³/mol. The fourth-order valence-electron chi connectivity index (χ4n) is 3.60. The van der Waals surface area contributed by atoms with Crippen molar-refractivity contribution in [2.75, 3.05) is 26.2 Å². The van der Waals surface area contributed by atoms with Gasteiger partial charge < -0.3 is 9.64 Å². The summed E-state index contributed by atoms with van der Waals surface area (Å²) in [5, 5.41) is 11.9. The van der Waals surface area contributed by atoms with Crippen LogP contribution in [0.3, 0.4) is 0 Å². The van der Waals surface area contributed by atoms with E-state index >= 15 is 0 Å². The number of rotatable bonds is 6. The van der Waals surface area contributed by atoms with Gasteiger partial charge in [0.25, 0.3) is 11.6 Å². The SMILES string of the molecule is O=C(c1ccccc1)N1CCN(S(=O)(=O)c2cc([N+](=O)[O-])ccc2Oc2cc(Cl)ccc2Cl)CC1. The van der Waals surface area contributed by atoms with E-state index in [0.717, 1.165) is 12.1 Å². The molecule has 9 nitrogen and oxygen atoms in total. The van der Waals surface area contributed by atoms with E-state index < -0.39 is 20.6 Å². The van der Waals surface area contributed by atoms with Gasteiger partial charge in [-0.25, -0.2) is 8.42 Å². The summed E-state index contributed by atoms with van der Waals surface area (Å²) in [6.07, 6.45) is 0. The first-order valence-electron chi connectivity index (χ1n) is 10.4. The molecule has 1 saturated heterocycles. The van der Waals surface area contributed by atoms with E-state index in [2.05, 4.69) is 0 Å². The Morgan fingerprint density at radius 2 is 1.60 bits per heavy atom. The van der Waals surface area contributed by atoms with Gasteiger partial charge in [-0.3, -0.25) is 14.9 Å². The van der Waals surface area contributed by atoms with Gasteiger partial charge in [-0.1, -0.05) is 41.4 Å². The average molecular weight is 536 g/mol. The van der Waals surface area contributed by atoms with E-state index in [0.29, 0.717) is 10.6 Å². The highest BCUT2D eigenvalue weighted by atomic mass is 35.5. The number of sulfonamides is 1. The first-order valence-corrected chi connectivity index (χ1v) is 12.6. The summed E-state index contributed by atoms with van der Waals surface area (Å²) in [7, 11) is -4.22. The molecule has 1 aliphatic rings. The number of carbonyl (C=O) groups is 1. The van der Waals surface area contributed by atoms with Crippen molar-refractivity contribution in [2.45, 2.75) is 4.90 Å². The van der Waals surface area contributed by atoms with Crippen LogP contribution in [0.2, 0.25) is 10.0 Å². The average Bonchev–Trinajstić information content (AvgIpc) is 2.86. The van der Waals surface area contributed by atoms with Crippen LogP contribution >= 0.6 is 23.2 Å². The molecule has 1 fully saturated rings. The minimum Gasteiger partial charge on any atom is -0.454 e. The molecule has 0 N–H and O–H groups in total. The van der Waals surface area contributed by atoms with Crippen molar-refractivity contribution >= 4 is 44.8 Å². The molecule has 3 aromatic rings. The predicted octanol–water partition coefficient (Wildman–Crippen LogP) is 4.84. The second-order valence-electron chi connectivity index (χ2n) is 7.63. The van der Waals surface area contributed by atoms with Crippen LogP contribution in [0.5, 0.6) is 11.5 Å². The number of amides is 1. The van der Waals surface area contributed by atoms with E-state index in [1.807, 2.05) is 0 Å². The van der Waals surface area contributed by atoms with Gasteiger partial charge in [0.05, 0.1) is 9.95 Å². The lowest BCUT2D eigenvalue weighted by Gasteiger charge is -2.34. The number of halogens is 2. The van der Waals surface area contributed by atoms with Gasteiger partial charge in [-0.15, -0.1) is 0 Å². The Bertz CT molecular complexity index is 1380. The van der Waals surface area contributed by atoms with Crippen molar-refractivity contribution < 1.29 is 22.9 Å². The summed E-state index contributed by atoms with van der Waals surface area (Å²) in [5.41, 5.74) is 0.0996. The van der Waals surface area contributed by atoms with Crippen molar-refractivity contribution in [3.8, 4) is 11.5 Å². The van der Waals surface area contributed by atoms with Crippen LogP contribution in [0.25, 0.3) is 0 Å². The van der Waals surface area contributed by atoms with Crippen molar-refractivity contribution in [1.82, 2.24) is 9.21 Å². The van der Waals surface area contributed by atoms with Gasteiger partial charge in [0.2, 0.25) is 10.0 Å². The number of hydrogen-bond donors (Lipinski definition) is 0. The van der Waals surface area contributed by atoms with Crippen molar-refractivity contribution in [1.29, 1.82) is 0 Å². The molecule has 0 atom stereocenters. The van der Waals surface area contributed by atoms with Crippen LogP contribution < -0.4 is 4.74 Å². The molecule has 3 aromatic carbocycles. The number of nitro groups is 1. The molecule has 1 heterocycles. The number of nitrogens with zero attached hydrogens (tertiary/aromatic N) is 3. The normalized spacial score (nSPS) is 14.5. The first-order chi connectivity index (χ1) is 16.7. The molecular formula is C23H19Cl2N3O6S. The van der Waals surface area contributed by atoms with E-state index in [-0.39, 0.29) is 53.5 Å². The topological polar surface area (TPSA) is 110 Å². The zero-order valence-corrected chi connectivity index (χ0v) is 20.5. The fraction of sp³-hybridized carbons (Fsp3) is 0.174. The molecular weight excluding hydrogens is 517 g/mol. The van der Waals surface area contributed by atoms with Gasteiger partial charge in [-0.2, -0.15) is 4.31 Å². The third-order valence-corrected chi connectivity index (χ3v) is 7.88. The van der Waals surface area contributed by atoms with Crippen LogP contribution in [-0.2, 0) is 10.0 Å². The molecule has 1 amide bonds. The molecule has 0 aromatic heterocycles. The van der Waals surface area contributed by atoms with Gasteiger partial charge in [0.15, 0.2) is 0 Å². The highest BCUT2D eigenvalue weighted by Crippen LogP contribution is 2.37. The number of carbonyl (C=O) groups excluding carboxylic acids is 1. The Balaban J connectivity index is 1.61. The second-order valence-corrected chi connectivity index (χ2v) is 10.4. The Hall–Kier alpha value is -3.18. The molecule has 0 radical (unpaired) electrons.